The number of benzene rings is 2. The number of carbonyl (C=O) groups excluding carboxylic acids is 1. The van der Waals surface area contributed by atoms with E-state index in [0.29, 0.717) is 11.4 Å². The van der Waals surface area contributed by atoms with Crippen LogP contribution in [0.2, 0.25) is 0 Å². The zero-order chi connectivity index (χ0) is 20.7. The van der Waals surface area contributed by atoms with Crippen LogP contribution in [0.5, 0.6) is 17.2 Å². The molecular weight excluding hydrogens is 384 g/mol. The topological polar surface area (TPSA) is 66.8 Å². The molecule has 0 unspecified atom stereocenters. The lowest BCUT2D eigenvalue weighted by molar-refractivity contribution is 0.0524. The fourth-order valence-corrected chi connectivity index (χ4v) is 3.17. The second kappa shape index (κ2) is 7.05. The number of hydrogen-bond acceptors (Lipinski definition) is 5. The summed E-state index contributed by atoms with van der Waals surface area (Å²) in [7, 11) is 0. The molecule has 2 heterocycles. The number of rotatable bonds is 5. The fourth-order valence-electron chi connectivity index (χ4n) is 3.17. The maximum atomic E-state index is 14.5. The smallest absolute Gasteiger partial charge is 0.343 e. The first-order valence-corrected chi connectivity index (χ1v) is 8.76. The number of carbonyl (C=O) groups is 1. The molecular formula is C21H15F2NO5. The predicted octanol–water partition coefficient (Wildman–Crippen LogP) is 4.12. The molecule has 0 radical (unpaired) electrons. The van der Waals surface area contributed by atoms with Crippen molar-refractivity contribution < 1.29 is 27.8 Å². The number of ether oxygens (including phenoxy) is 3. The zero-order valence-corrected chi connectivity index (χ0v) is 15.3. The SMILES string of the molecule is C=CCOc1ccc2c(c1)-n1cc(C(=O)OCC)c(=O)c3cc(F)c(F)c(c31)O2. The van der Waals surface area contributed by atoms with Crippen LogP contribution in [-0.4, -0.2) is 23.8 Å². The second-order valence-corrected chi connectivity index (χ2v) is 6.19. The molecule has 2 aromatic carbocycles. The van der Waals surface area contributed by atoms with Gasteiger partial charge >= 0.3 is 5.97 Å². The summed E-state index contributed by atoms with van der Waals surface area (Å²) < 4.78 is 46.0. The van der Waals surface area contributed by atoms with Gasteiger partial charge in [-0.3, -0.25) is 4.79 Å². The van der Waals surface area contributed by atoms with E-state index in [4.69, 9.17) is 14.2 Å². The van der Waals surface area contributed by atoms with E-state index in [-0.39, 0.29) is 35.4 Å². The lowest BCUT2D eigenvalue weighted by Gasteiger charge is -2.24. The van der Waals surface area contributed by atoms with Gasteiger partial charge < -0.3 is 18.8 Å². The molecule has 0 saturated carbocycles. The molecule has 0 fully saturated rings. The number of aromatic nitrogens is 1. The van der Waals surface area contributed by atoms with E-state index in [0.717, 1.165) is 6.07 Å². The normalized spacial score (nSPS) is 11.6. The lowest BCUT2D eigenvalue weighted by Crippen LogP contribution is -2.22. The molecule has 0 atom stereocenters. The van der Waals surface area contributed by atoms with Crippen molar-refractivity contribution in [2.45, 2.75) is 6.92 Å². The third kappa shape index (κ3) is 2.93. The predicted molar refractivity (Wildman–Crippen MR) is 101 cm³/mol. The van der Waals surface area contributed by atoms with E-state index < -0.39 is 28.8 Å². The molecule has 0 bridgehead atoms. The van der Waals surface area contributed by atoms with Crippen LogP contribution in [0.3, 0.4) is 0 Å². The fraction of sp³-hybridized carbons (Fsp3) is 0.143. The highest BCUT2D eigenvalue weighted by molar-refractivity contribution is 5.97. The largest absolute Gasteiger partial charge is 0.489 e. The molecule has 6 nitrogen and oxygen atoms in total. The molecule has 4 rings (SSSR count). The molecule has 8 heteroatoms. The van der Waals surface area contributed by atoms with Gasteiger partial charge in [-0.05, 0) is 25.1 Å². The molecule has 29 heavy (non-hydrogen) atoms. The Balaban J connectivity index is 2.06. The van der Waals surface area contributed by atoms with Gasteiger partial charge in [0.25, 0.3) is 0 Å². The molecule has 1 aliphatic heterocycles. The number of fused-ring (bicyclic) bond motifs is 2. The van der Waals surface area contributed by atoms with Gasteiger partial charge in [0.05, 0.1) is 17.7 Å². The first kappa shape index (κ1) is 18.7. The van der Waals surface area contributed by atoms with Crippen LogP contribution in [0.25, 0.3) is 16.6 Å². The van der Waals surface area contributed by atoms with Crippen molar-refractivity contribution in [1.29, 1.82) is 0 Å². The first-order chi connectivity index (χ1) is 14.0. The monoisotopic (exact) mass is 399 g/mol. The molecule has 1 aliphatic rings. The molecule has 1 aromatic heterocycles. The van der Waals surface area contributed by atoms with E-state index in [1.165, 1.54) is 16.8 Å². The van der Waals surface area contributed by atoms with E-state index in [1.54, 1.807) is 25.1 Å². The van der Waals surface area contributed by atoms with Crippen molar-refractivity contribution in [3.8, 4) is 22.9 Å². The van der Waals surface area contributed by atoms with Gasteiger partial charge in [0.2, 0.25) is 11.2 Å². The van der Waals surface area contributed by atoms with E-state index >= 15 is 0 Å². The van der Waals surface area contributed by atoms with Gasteiger partial charge in [-0.2, -0.15) is 4.39 Å². The summed E-state index contributed by atoms with van der Waals surface area (Å²) in [5.41, 5.74) is -0.682. The number of nitrogens with zero attached hydrogens (tertiary/aromatic N) is 1. The second-order valence-electron chi connectivity index (χ2n) is 6.19. The summed E-state index contributed by atoms with van der Waals surface area (Å²) in [6.07, 6.45) is 2.81. The van der Waals surface area contributed by atoms with Crippen LogP contribution < -0.4 is 14.9 Å². The minimum atomic E-state index is -1.26. The Morgan fingerprint density at radius 2 is 2.10 bits per heavy atom. The third-order valence-corrected chi connectivity index (χ3v) is 4.40. The maximum Gasteiger partial charge on any atom is 0.343 e. The highest BCUT2D eigenvalue weighted by Crippen LogP contribution is 2.43. The average Bonchev–Trinajstić information content (AvgIpc) is 2.71. The molecule has 0 N–H and O–H groups in total. The van der Waals surface area contributed by atoms with Crippen molar-refractivity contribution in [2.24, 2.45) is 0 Å². The minimum Gasteiger partial charge on any atom is -0.489 e. The van der Waals surface area contributed by atoms with E-state index in [2.05, 4.69) is 6.58 Å². The van der Waals surface area contributed by atoms with Gasteiger partial charge in [-0.25, -0.2) is 9.18 Å². The number of esters is 1. The Hall–Kier alpha value is -3.68. The summed E-state index contributed by atoms with van der Waals surface area (Å²) in [5, 5.41) is -0.201. The number of halogens is 2. The summed E-state index contributed by atoms with van der Waals surface area (Å²) in [5.74, 6) is -3.12. The van der Waals surface area contributed by atoms with Crippen molar-refractivity contribution in [3.63, 3.8) is 0 Å². The molecule has 0 spiro atoms. The van der Waals surface area contributed by atoms with E-state index in [9.17, 15) is 18.4 Å². The lowest BCUT2D eigenvalue weighted by atomic mass is 10.1. The van der Waals surface area contributed by atoms with Crippen LogP contribution in [0.15, 0.2) is 47.9 Å². The van der Waals surface area contributed by atoms with Crippen molar-refractivity contribution in [1.82, 2.24) is 4.57 Å². The van der Waals surface area contributed by atoms with Crippen molar-refractivity contribution in [3.05, 3.63) is 70.5 Å². The van der Waals surface area contributed by atoms with Crippen LogP contribution in [0.1, 0.15) is 17.3 Å². The number of pyridine rings is 1. The Morgan fingerprint density at radius 1 is 1.31 bits per heavy atom. The Kier molecular flexibility index (Phi) is 4.54. The molecule has 148 valence electrons. The maximum absolute atomic E-state index is 14.5. The Bertz CT molecular complexity index is 1230. The zero-order valence-electron chi connectivity index (χ0n) is 15.3. The summed E-state index contributed by atoms with van der Waals surface area (Å²) in [6.45, 7) is 5.49. The van der Waals surface area contributed by atoms with E-state index in [1.807, 2.05) is 0 Å². The van der Waals surface area contributed by atoms with Gasteiger partial charge in [0.15, 0.2) is 17.3 Å². The van der Waals surface area contributed by atoms with Gasteiger partial charge in [0, 0.05) is 12.3 Å². The van der Waals surface area contributed by atoms with Crippen LogP contribution in [-0.2, 0) is 4.74 Å². The van der Waals surface area contributed by atoms with Gasteiger partial charge in [-0.15, -0.1) is 0 Å². The molecule has 0 aliphatic carbocycles. The summed E-state index contributed by atoms with van der Waals surface area (Å²) in [4.78, 5) is 25.1. The quantitative estimate of drug-likeness (QED) is 0.373. The third-order valence-electron chi connectivity index (χ3n) is 4.40. The minimum absolute atomic E-state index is 0.00955. The first-order valence-electron chi connectivity index (χ1n) is 8.76. The van der Waals surface area contributed by atoms with Crippen LogP contribution in [0.4, 0.5) is 8.78 Å². The van der Waals surface area contributed by atoms with Crippen LogP contribution >= 0.6 is 0 Å². The van der Waals surface area contributed by atoms with Crippen molar-refractivity contribution in [2.75, 3.05) is 13.2 Å². The molecule has 3 aromatic rings. The molecule has 0 saturated heterocycles. The summed E-state index contributed by atoms with van der Waals surface area (Å²) in [6, 6.07) is 5.47. The van der Waals surface area contributed by atoms with Gasteiger partial charge in [0.1, 0.15) is 23.4 Å². The van der Waals surface area contributed by atoms with Crippen molar-refractivity contribution >= 4 is 16.9 Å². The molecule has 0 amide bonds. The highest BCUT2D eigenvalue weighted by atomic mass is 19.2. The van der Waals surface area contributed by atoms with Gasteiger partial charge in [-0.1, -0.05) is 12.7 Å². The standard InChI is InChI=1S/C21H15F2NO5/c1-3-7-28-11-5-6-16-15(8-11)24-10-13(21(26)27-4-2)19(25)12-9-14(22)17(23)20(29-16)18(12)24/h3,5-6,8-10H,1,4,7H2,2H3. The Morgan fingerprint density at radius 3 is 2.83 bits per heavy atom. The highest BCUT2D eigenvalue weighted by Gasteiger charge is 2.29. The Labute approximate surface area is 163 Å². The average molecular weight is 399 g/mol. The van der Waals surface area contributed by atoms with Crippen LogP contribution in [0, 0.1) is 11.6 Å². The summed E-state index contributed by atoms with van der Waals surface area (Å²) >= 11 is 0. The number of hydrogen-bond donors (Lipinski definition) is 0.